The van der Waals surface area contributed by atoms with E-state index in [1.807, 2.05) is 20.8 Å². The molecule has 20 heavy (non-hydrogen) atoms. The van der Waals surface area contributed by atoms with Crippen LogP contribution in [0.3, 0.4) is 0 Å². The molecule has 0 aliphatic heterocycles. The number of carbonyl (C=O) groups excluding carboxylic acids is 1. The Kier molecular flexibility index (Phi) is 5.34. The predicted molar refractivity (Wildman–Crippen MR) is 81.5 cm³/mol. The van der Waals surface area contributed by atoms with Crippen molar-refractivity contribution in [2.45, 2.75) is 56.7 Å². The van der Waals surface area contributed by atoms with Crippen molar-refractivity contribution < 1.29 is 13.2 Å². The highest BCUT2D eigenvalue weighted by molar-refractivity contribution is 7.91. The second kappa shape index (κ2) is 6.24. The average molecular weight is 318 g/mol. The van der Waals surface area contributed by atoms with Gasteiger partial charge in [0.2, 0.25) is 10.0 Å². The Morgan fingerprint density at radius 2 is 1.80 bits per heavy atom. The van der Waals surface area contributed by atoms with E-state index in [-0.39, 0.29) is 15.7 Å². The minimum absolute atomic E-state index is 0.0535. The van der Waals surface area contributed by atoms with Crippen molar-refractivity contribution in [1.29, 1.82) is 0 Å². The molecule has 0 saturated carbocycles. The molecular weight excluding hydrogens is 296 g/mol. The van der Waals surface area contributed by atoms with Crippen LogP contribution < -0.4 is 10.5 Å². The van der Waals surface area contributed by atoms with Gasteiger partial charge in [-0.05, 0) is 31.7 Å². The number of rotatable bonds is 6. The molecule has 0 fully saturated rings. The lowest BCUT2D eigenvalue weighted by atomic mass is 9.89. The van der Waals surface area contributed by atoms with Gasteiger partial charge in [-0.25, -0.2) is 13.6 Å². The summed E-state index contributed by atoms with van der Waals surface area (Å²) in [6.07, 6.45) is 2.49. The van der Waals surface area contributed by atoms with Gasteiger partial charge in [-0.15, -0.1) is 11.3 Å². The van der Waals surface area contributed by atoms with Crippen molar-refractivity contribution in [3.8, 4) is 0 Å². The number of hydrogen-bond acceptors (Lipinski definition) is 4. The third kappa shape index (κ3) is 3.39. The van der Waals surface area contributed by atoms with E-state index in [2.05, 4.69) is 5.32 Å². The molecule has 3 N–H and O–H groups in total. The first kappa shape index (κ1) is 17.1. The molecule has 0 aliphatic carbocycles. The molecule has 0 aliphatic rings. The lowest BCUT2D eigenvalue weighted by Gasteiger charge is -2.31. The van der Waals surface area contributed by atoms with Crippen LogP contribution in [-0.2, 0) is 10.0 Å². The third-order valence-electron chi connectivity index (χ3n) is 3.91. The molecule has 0 saturated heterocycles. The molecule has 1 heterocycles. The van der Waals surface area contributed by atoms with Crippen molar-refractivity contribution in [1.82, 2.24) is 5.32 Å². The Bertz CT molecular complexity index is 578. The maximum absolute atomic E-state index is 12.4. The minimum atomic E-state index is -3.77. The molecule has 0 unspecified atom stereocenters. The summed E-state index contributed by atoms with van der Waals surface area (Å²) in [4.78, 5) is 12.4. The molecule has 1 rings (SSSR count). The highest BCUT2D eigenvalue weighted by Crippen LogP contribution is 2.27. The van der Waals surface area contributed by atoms with Crippen LogP contribution in [0.4, 0.5) is 0 Å². The minimum Gasteiger partial charge on any atom is -0.347 e. The molecule has 0 spiro atoms. The fraction of sp³-hybridized carbons (Fsp3) is 0.615. The zero-order valence-corrected chi connectivity index (χ0v) is 14.0. The summed E-state index contributed by atoms with van der Waals surface area (Å²) in [7, 11) is -3.77. The van der Waals surface area contributed by atoms with Gasteiger partial charge in [-0.2, -0.15) is 0 Å². The van der Waals surface area contributed by atoms with Crippen LogP contribution in [0.25, 0.3) is 0 Å². The Labute approximate surface area is 124 Å². The predicted octanol–water partition coefficient (Wildman–Crippen LogP) is 2.40. The maximum Gasteiger partial charge on any atom is 0.252 e. The molecule has 0 bridgehead atoms. The lowest BCUT2D eigenvalue weighted by Crippen LogP contribution is -2.47. The first-order chi connectivity index (χ1) is 9.20. The summed E-state index contributed by atoms with van der Waals surface area (Å²) < 4.78 is 22.9. The molecule has 0 atom stereocenters. The molecule has 0 aromatic carbocycles. The van der Waals surface area contributed by atoms with Gasteiger partial charge in [0, 0.05) is 10.9 Å². The van der Waals surface area contributed by atoms with Crippen LogP contribution in [0.1, 0.15) is 56.0 Å². The Hall–Kier alpha value is -0.920. The second-order valence-electron chi connectivity index (χ2n) is 4.90. The van der Waals surface area contributed by atoms with Crippen LogP contribution in [0.15, 0.2) is 9.59 Å². The van der Waals surface area contributed by atoms with Crippen LogP contribution in [0, 0.1) is 6.92 Å². The maximum atomic E-state index is 12.4. The van der Waals surface area contributed by atoms with Gasteiger partial charge in [0.15, 0.2) is 0 Å². The Balaban J connectivity index is 3.09. The Morgan fingerprint density at radius 3 is 2.15 bits per heavy atom. The summed E-state index contributed by atoms with van der Waals surface area (Å²) in [5.74, 6) is -0.237. The van der Waals surface area contributed by atoms with Crippen molar-refractivity contribution in [3.05, 3.63) is 16.5 Å². The first-order valence-electron chi connectivity index (χ1n) is 6.64. The Morgan fingerprint density at radius 1 is 1.30 bits per heavy atom. The SMILES string of the molecule is CCC(CC)(CC)NC(=O)c1csc(S(N)(=O)=O)c1C. The van der Waals surface area contributed by atoms with Crippen LogP contribution >= 0.6 is 11.3 Å². The number of carbonyl (C=O) groups is 1. The summed E-state index contributed by atoms with van der Waals surface area (Å²) in [6, 6.07) is 0. The van der Waals surface area contributed by atoms with Gasteiger partial charge in [0.05, 0.1) is 5.56 Å². The van der Waals surface area contributed by atoms with E-state index < -0.39 is 10.0 Å². The van der Waals surface area contributed by atoms with Gasteiger partial charge >= 0.3 is 0 Å². The number of primary sulfonamides is 1. The van der Waals surface area contributed by atoms with Gasteiger partial charge in [-0.3, -0.25) is 4.79 Å². The first-order valence-corrected chi connectivity index (χ1v) is 9.06. The van der Waals surface area contributed by atoms with E-state index in [4.69, 9.17) is 5.14 Å². The summed E-state index contributed by atoms with van der Waals surface area (Å²) >= 11 is 0.986. The monoisotopic (exact) mass is 318 g/mol. The fourth-order valence-corrected chi connectivity index (χ4v) is 4.24. The quantitative estimate of drug-likeness (QED) is 0.844. The van der Waals surface area contributed by atoms with E-state index >= 15 is 0 Å². The van der Waals surface area contributed by atoms with E-state index in [9.17, 15) is 13.2 Å². The largest absolute Gasteiger partial charge is 0.347 e. The summed E-state index contributed by atoms with van der Waals surface area (Å²) in [5.41, 5.74) is 0.568. The van der Waals surface area contributed by atoms with Gasteiger partial charge < -0.3 is 5.32 Å². The molecule has 7 heteroatoms. The van der Waals surface area contributed by atoms with Crippen molar-refractivity contribution >= 4 is 27.3 Å². The molecule has 5 nitrogen and oxygen atoms in total. The van der Waals surface area contributed by atoms with Crippen LogP contribution in [-0.4, -0.2) is 19.9 Å². The van der Waals surface area contributed by atoms with Crippen molar-refractivity contribution in [2.75, 3.05) is 0 Å². The average Bonchev–Trinajstić information content (AvgIpc) is 2.78. The molecule has 1 aromatic rings. The molecule has 114 valence electrons. The number of thiophene rings is 1. The number of nitrogens with one attached hydrogen (secondary N) is 1. The number of hydrogen-bond donors (Lipinski definition) is 2. The zero-order chi connectivity index (χ0) is 15.6. The van der Waals surface area contributed by atoms with E-state index in [1.165, 1.54) is 0 Å². The van der Waals surface area contributed by atoms with Crippen molar-refractivity contribution in [3.63, 3.8) is 0 Å². The summed E-state index contributed by atoms with van der Waals surface area (Å²) in [5, 5.41) is 9.71. The molecule has 0 radical (unpaired) electrons. The fourth-order valence-electron chi connectivity index (χ4n) is 2.23. The van der Waals surface area contributed by atoms with E-state index in [0.29, 0.717) is 11.1 Å². The second-order valence-corrected chi connectivity index (χ2v) is 7.54. The molecule has 1 amide bonds. The topological polar surface area (TPSA) is 89.3 Å². The van der Waals surface area contributed by atoms with Gasteiger partial charge in [0.1, 0.15) is 4.21 Å². The number of sulfonamides is 1. The molecule has 1 aromatic heterocycles. The van der Waals surface area contributed by atoms with E-state index in [1.54, 1.807) is 12.3 Å². The lowest BCUT2D eigenvalue weighted by molar-refractivity contribution is 0.0888. The normalized spacial score (nSPS) is 12.4. The third-order valence-corrected chi connectivity index (χ3v) is 6.59. The van der Waals surface area contributed by atoms with E-state index in [0.717, 1.165) is 30.6 Å². The van der Waals surface area contributed by atoms with Crippen molar-refractivity contribution in [2.24, 2.45) is 5.14 Å². The highest BCUT2D eigenvalue weighted by atomic mass is 32.2. The summed E-state index contributed by atoms with van der Waals surface area (Å²) in [6.45, 7) is 7.70. The smallest absolute Gasteiger partial charge is 0.252 e. The van der Waals surface area contributed by atoms with Gasteiger partial charge in [0.25, 0.3) is 5.91 Å². The zero-order valence-electron chi connectivity index (χ0n) is 12.3. The van der Waals surface area contributed by atoms with Crippen LogP contribution in [0.5, 0.6) is 0 Å². The molecular formula is C13H22N2O3S2. The van der Waals surface area contributed by atoms with Crippen LogP contribution in [0.2, 0.25) is 0 Å². The highest BCUT2D eigenvalue weighted by Gasteiger charge is 2.28. The van der Waals surface area contributed by atoms with Gasteiger partial charge in [-0.1, -0.05) is 20.8 Å². The number of amides is 1. The number of nitrogens with two attached hydrogens (primary N) is 1. The standard InChI is InChI=1S/C13H22N2O3S2/c1-5-13(6-2,7-3)15-11(16)10-8-19-12(9(10)4)20(14,17)18/h8H,5-7H2,1-4H3,(H,15,16)(H2,14,17,18).